The highest BCUT2D eigenvalue weighted by molar-refractivity contribution is 6.03. The Labute approximate surface area is 108 Å². The molecule has 0 aliphatic rings. The van der Waals surface area contributed by atoms with E-state index in [0.29, 0.717) is 0 Å². The van der Waals surface area contributed by atoms with Crippen molar-refractivity contribution in [2.75, 3.05) is 0 Å². The van der Waals surface area contributed by atoms with Crippen LogP contribution in [0.4, 0.5) is 0 Å². The van der Waals surface area contributed by atoms with Crippen LogP contribution in [0, 0.1) is 27.7 Å². The minimum absolute atomic E-state index is 1.33. The molecule has 0 heteroatoms. The number of aryl methyl sites for hydroxylation is 4. The monoisotopic (exact) mass is 234 g/mol. The van der Waals surface area contributed by atoms with Crippen molar-refractivity contribution in [3.05, 3.63) is 58.7 Å². The molecule has 0 unspecified atom stereocenters. The van der Waals surface area contributed by atoms with Crippen molar-refractivity contribution < 1.29 is 0 Å². The standard InChI is InChI=1S/C18H18/c1-11-5-6-15-10-16-8-12(2)7-13(3)18(16)14(4)17(15)9-11/h5-10H,1-4H3. The van der Waals surface area contributed by atoms with Gasteiger partial charge in [0, 0.05) is 0 Å². The van der Waals surface area contributed by atoms with Crippen molar-refractivity contribution in [2.24, 2.45) is 0 Å². The number of hydrogen-bond acceptors (Lipinski definition) is 0. The van der Waals surface area contributed by atoms with Gasteiger partial charge >= 0.3 is 0 Å². The first-order chi connectivity index (χ1) is 8.56. The van der Waals surface area contributed by atoms with Crippen LogP contribution in [-0.4, -0.2) is 0 Å². The van der Waals surface area contributed by atoms with Crippen molar-refractivity contribution in [3.8, 4) is 0 Å². The van der Waals surface area contributed by atoms with Gasteiger partial charge in [0.1, 0.15) is 0 Å². The second-order valence-electron chi connectivity index (χ2n) is 5.41. The minimum atomic E-state index is 1.33. The van der Waals surface area contributed by atoms with E-state index in [1.54, 1.807) is 0 Å². The van der Waals surface area contributed by atoms with Gasteiger partial charge in [0.15, 0.2) is 0 Å². The largest absolute Gasteiger partial charge is 0.0587 e. The summed E-state index contributed by atoms with van der Waals surface area (Å²) in [5, 5.41) is 5.50. The molecule has 0 spiro atoms. The molecule has 0 aliphatic heterocycles. The third-order valence-corrected chi connectivity index (χ3v) is 3.81. The third kappa shape index (κ3) is 1.60. The van der Waals surface area contributed by atoms with Crippen LogP contribution in [0.3, 0.4) is 0 Å². The van der Waals surface area contributed by atoms with Crippen LogP contribution in [0.5, 0.6) is 0 Å². The van der Waals surface area contributed by atoms with E-state index >= 15 is 0 Å². The molecule has 0 bridgehead atoms. The van der Waals surface area contributed by atoms with E-state index in [2.05, 4.69) is 64.1 Å². The summed E-state index contributed by atoms with van der Waals surface area (Å²) in [4.78, 5) is 0. The van der Waals surface area contributed by atoms with Crippen LogP contribution in [0.15, 0.2) is 36.4 Å². The van der Waals surface area contributed by atoms with Crippen LogP contribution in [-0.2, 0) is 0 Å². The average molecular weight is 234 g/mol. The zero-order chi connectivity index (χ0) is 12.9. The van der Waals surface area contributed by atoms with Gasteiger partial charge in [-0.2, -0.15) is 0 Å². The lowest BCUT2D eigenvalue weighted by atomic mass is 9.93. The molecule has 18 heavy (non-hydrogen) atoms. The van der Waals surface area contributed by atoms with E-state index < -0.39 is 0 Å². The molecule has 3 aromatic rings. The Hall–Kier alpha value is -1.82. The zero-order valence-corrected chi connectivity index (χ0v) is 11.5. The second-order valence-corrected chi connectivity index (χ2v) is 5.41. The lowest BCUT2D eigenvalue weighted by molar-refractivity contribution is 1.41. The van der Waals surface area contributed by atoms with E-state index in [-0.39, 0.29) is 0 Å². The average Bonchev–Trinajstić information content (AvgIpc) is 2.29. The Morgan fingerprint density at radius 2 is 1.44 bits per heavy atom. The molecule has 0 heterocycles. The lowest BCUT2D eigenvalue weighted by Crippen LogP contribution is -1.88. The molecule has 3 rings (SSSR count). The van der Waals surface area contributed by atoms with E-state index in [4.69, 9.17) is 0 Å². The topological polar surface area (TPSA) is 0 Å². The number of hydrogen-bond donors (Lipinski definition) is 0. The zero-order valence-electron chi connectivity index (χ0n) is 11.5. The molecule has 0 radical (unpaired) electrons. The first kappa shape index (κ1) is 11.3. The van der Waals surface area contributed by atoms with Crippen molar-refractivity contribution in [3.63, 3.8) is 0 Å². The SMILES string of the molecule is Cc1cc(C)c2c(C)c3cc(C)ccc3cc2c1. The number of rotatable bonds is 0. The Balaban J connectivity index is 2.56. The summed E-state index contributed by atoms with van der Waals surface area (Å²) < 4.78 is 0. The van der Waals surface area contributed by atoms with Gasteiger partial charge in [-0.1, -0.05) is 41.5 Å². The van der Waals surface area contributed by atoms with Crippen LogP contribution < -0.4 is 0 Å². The molecular weight excluding hydrogens is 216 g/mol. The van der Waals surface area contributed by atoms with Crippen molar-refractivity contribution in [1.82, 2.24) is 0 Å². The number of benzene rings is 3. The Morgan fingerprint density at radius 1 is 0.667 bits per heavy atom. The molecule has 3 aromatic carbocycles. The van der Waals surface area contributed by atoms with E-state index in [9.17, 15) is 0 Å². The molecule has 0 aliphatic carbocycles. The highest BCUT2D eigenvalue weighted by Gasteiger charge is 2.07. The molecule has 0 N–H and O–H groups in total. The Bertz CT molecular complexity index is 764. The maximum atomic E-state index is 2.32. The fraction of sp³-hybridized carbons (Fsp3) is 0.222. The van der Waals surface area contributed by atoms with Crippen molar-refractivity contribution >= 4 is 21.5 Å². The minimum Gasteiger partial charge on any atom is -0.0587 e. The quantitative estimate of drug-likeness (QED) is 0.467. The normalized spacial score (nSPS) is 11.3. The Kier molecular flexibility index (Phi) is 2.41. The summed E-state index contributed by atoms with van der Waals surface area (Å²) in [6, 6.07) is 13.6. The van der Waals surface area contributed by atoms with Gasteiger partial charge in [0.25, 0.3) is 0 Å². The molecule has 90 valence electrons. The van der Waals surface area contributed by atoms with E-state index in [1.165, 1.54) is 43.8 Å². The first-order valence-corrected chi connectivity index (χ1v) is 6.47. The predicted molar refractivity (Wildman–Crippen MR) is 80.4 cm³/mol. The van der Waals surface area contributed by atoms with E-state index in [0.717, 1.165) is 0 Å². The molecule has 0 nitrogen and oxygen atoms in total. The van der Waals surface area contributed by atoms with Crippen LogP contribution in [0.2, 0.25) is 0 Å². The molecule has 0 saturated carbocycles. The first-order valence-electron chi connectivity index (χ1n) is 6.47. The smallest absolute Gasteiger partial charge is 0.0119 e. The maximum absolute atomic E-state index is 2.32. The molecule has 0 atom stereocenters. The summed E-state index contributed by atoms with van der Waals surface area (Å²) >= 11 is 0. The highest BCUT2D eigenvalue weighted by Crippen LogP contribution is 2.31. The highest BCUT2D eigenvalue weighted by atomic mass is 14.1. The number of fused-ring (bicyclic) bond motifs is 2. The summed E-state index contributed by atoms with van der Waals surface area (Å²) in [6.45, 7) is 8.78. The molecule has 0 fully saturated rings. The van der Waals surface area contributed by atoms with Crippen LogP contribution >= 0.6 is 0 Å². The van der Waals surface area contributed by atoms with Gasteiger partial charge in [0.2, 0.25) is 0 Å². The summed E-state index contributed by atoms with van der Waals surface area (Å²) in [7, 11) is 0. The Morgan fingerprint density at radius 3 is 2.22 bits per heavy atom. The maximum Gasteiger partial charge on any atom is -0.0119 e. The second kappa shape index (κ2) is 3.84. The summed E-state index contributed by atoms with van der Waals surface area (Å²) in [5.41, 5.74) is 5.45. The van der Waals surface area contributed by atoms with Crippen LogP contribution in [0.25, 0.3) is 21.5 Å². The van der Waals surface area contributed by atoms with Gasteiger partial charge in [0.05, 0.1) is 0 Å². The summed E-state index contributed by atoms with van der Waals surface area (Å²) in [5.74, 6) is 0. The fourth-order valence-corrected chi connectivity index (χ4v) is 3.05. The molecule has 0 amide bonds. The van der Waals surface area contributed by atoms with Gasteiger partial charge < -0.3 is 0 Å². The van der Waals surface area contributed by atoms with Gasteiger partial charge in [-0.15, -0.1) is 0 Å². The third-order valence-electron chi connectivity index (χ3n) is 3.81. The fourth-order valence-electron chi connectivity index (χ4n) is 3.05. The van der Waals surface area contributed by atoms with Gasteiger partial charge in [-0.3, -0.25) is 0 Å². The lowest BCUT2D eigenvalue weighted by Gasteiger charge is -2.12. The van der Waals surface area contributed by atoms with Gasteiger partial charge in [-0.25, -0.2) is 0 Å². The van der Waals surface area contributed by atoms with Crippen molar-refractivity contribution in [1.29, 1.82) is 0 Å². The molecular formula is C18H18. The summed E-state index contributed by atoms with van der Waals surface area (Å²) in [6.07, 6.45) is 0. The van der Waals surface area contributed by atoms with Crippen molar-refractivity contribution in [2.45, 2.75) is 27.7 Å². The molecule has 0 saturated heterocycles. The van der Waals surface area contributed by atoms with Crippen LogP contribution in [0.1, 0.15) is 22.3 Å². The molecule has 0 aromatic heterocycles. The van der Waals surface area contributed by atoms with E-state index in [1.807, 2.05) is 0 Å². The predicted octanol–water partition coefficient (Wildman–Crippen LogP) is 5.23. The van der Waals surface area contributed by atoms with Gasteiger partial charge in [-0.05, 0) is 66.4 Å².